The molecule has 31 heteroatoms. The number of hydrogen-bond acceptors (Lipinski definition) is 14. The number of imidazole rings is 1. The second-order valence-corrected chi connectivity index (χ2v) is 28.5. The average molecular weight is 1450 g/mol. The van der Waals surface area contributed by atoms with E-state index in [1.807, 2.05) is 27.7 Å². The summed E-state index contributed by atoms with van der Waals surface area (Å²) in [7, 11) is -3.33. The van der Waals surface area contributed by atoms with E-state index in [1.165, 1.54) is 43.7 Å². The van der Waals surface area contributed by atoms with Crippen molar-refractivity contribution >= 4 is 92.2 Å². The number of aromatic amines is 2. The largest absolute Gasteiger partial charge is 0.491 e. The Kier molecular flexibility index (Phi) is 30.8. The lowest BCUT2D eigenvalue weighted by Gasteiger charge is -2.39. The number of aromatic nitrogens is 3. The third kappa shape index (κ3) is 24.6. The number of primary amides is 2. The van der Waals surface area contributed by atoms with Crippen molar-refractivity contribution in [1.82, 2.24) is 62.8 Å². The maximum Gasteiger partial charge on any atom is 0.491 e. The average Bonchev–Trinajstić information content (AvgIpc) is 1.18. The summed E-state index contributed by atoms with van der Waals surface area (Å²) >= 11 is 0. The van der Waals surface area contributed by atoms with Crippen molar-refractivity contribution in [2.24, 2.45) is 29.2 Å². The van der Waals surface area contributed by atoms with Crippen LogP contribution < -0.4 is 59.3 Å². The highest BCUT2D eigenvalue weighted by Crippen LogP contribution is 2.69. The molecule has 4 aromatic carbocycles. The Morgan fingerprint density at radius 3 is 1.75 bits per heavy atom. The van der Waals surface area contributed by atoms with Gasteiger partial charge in [-0.15, -0.1) is 0 Å². The van der Waals surface area contributed by atoms with Gasteiger partial charge in [0.15, 0.2) is 0 Å². The zero-order valence-electron chi connectivity index (χ0n) is 58.5. The maximum atomic E-state index is 14.4. The number of fused-ring (bicyclic) bond motifs is 1. The van der Waals surface area contributed by atoms with Crippen molar-refractivity contribution < 1.29 is 74.9 Å². The standard InChI is InChI=1S/C72H93F3N14O13S/c1-8-44(6)53(31-33-61(92)85-56(64(77)94)35-42(2)3)87-69(99)58(37-48-39-78-41-82-48)86-62(93)40-81-70(100)63(43(4)5)89-65(95)45(7)83-68(98)57(36-47-38-80-54-24-16-15-23-52(47)54)88-67(97)55(30-32-59(76)90)84-60(91)25-17-18-34-79-66(96)46-26-28-51(29-27-46)103(49-19-11-9-12-20-49,50-21-13-10-14-22-50)102-71(101)72(73,74)75/h9-16,19-24,26-29,38-39,41-45,53,55-58,63,80H,8,17-18,25,30-37,40H2,1-7H3,(H2,76,90)(H2,77,94)(H,78,82)(H,79,96)(H,81,100)(H,83,98)(H,84,91)(H,85,92)(H,86,93)(H,87,99)(H,88,97)(H,89,95)/t44-,45-,53+,55-,56-,57-,58-,63-/m0/s1. The van der Waals surface area contributed by atoms with Crippen molar-refractivity contribution in [1.29, 1.82) is 0 Å². The van der Waals surface area contributed by atoms with Crippen LogP contribution in [0.5, 0.6) is 0 Å². The molecule has 0 saturated carbocycles. The molecule has 556 valence electrons. The number of carbonyl (C=O) groups excluding carboxylic acids is 12. The maximum absolute atomic E-state index is 14.4. The van der Waals surface area contributed by atoms with Crippen molar-refractivity contribution in [3.05, 3.63) is 145 Å². The highest BCUT2D eigenvalue weighted by molar-refractivity contribution is 8.30. The fourth-order valence-corrected chi connectivity index (χ4v) is 14.2. The molecule has 6 aromatic rings. The SMILES string of the molecule is CC[C@H](C)[C@@H](CCC(=O)N[C@@H](CC(C)C)C(N)=O)NC(=O)[C@H](Cc1cnc[nH]1)NC(=O)CNC(=O)[C@@H](NC(=O)[C@H](C)NC(=O)[C@H](Cc1c[nH]c2ccccc12)NC(=O)[C@H](CCC(N)=O)NC(=O)CCCCNC(=O)c1ccc(S(OC(=O)C(F)(F)F)(c2ccccc2)c2ccccc2)cc1)C(C)C. The van der Waals surface area contributed by atoms with Gasteiger partial charge in [-0.25, -0.2) is 9.78 Å². The van der Waals surface area contributed by atoms with Crippen LogP contribution in [0, 0.1) is 17.8 Å². The van der Waals surface area contributed by atoms with Crippen molar-refractivity contribution in [3.8, 4) is 0 Å². The van der Waals surface area contributed by atoms with Crippen LogP contribution in [0.3, 0.4) is 0 Å². The monoisotopic (exact) mass is 1450 g/mol. The number of para-hydroxylation sites is 1. The zero-order chi connectivity index (χ0) is 75.6. The Morgan fingerprint density at radius 1 is 0.573 bits per heavy atom. The number of amides is 11. The topological polar surface area (TPSA) is 419 Å². The molecule has 0 unspecified atom stereocenters. The van der Waals surface area contributed by atoms with Crippen molar-refractivity contribution in [2.45, 2.75) is 182 Å². The van der Waals surface area contributed by atoms with Crippen LogP contribution in [0.25, 0.3) is 10.9 Å². The van der Waals surface area contributed by atoms with Gasteiger partial charge in [0, 0.05) is 93.9 Å². The van der Waals surface area contributed by atoms with Crippen LogP contribution in [0.2, 0.25) is 0 Å². The number of unbranched alkanes of at least 4 members (excludes halogenated alkanes) is 1. The number of nitrogens with two attached hydrogens (primary N) is 2. The number of benzene rings is 4. The third-order valence-corrected chi connectivity index (χ3v) is 20.2. The quantitative estimate of drug-likeness (QED) is 0.0215. The summed E-state index contributed by atoms with van der Waals surface area (Å²) in [6, 6.07) is 20.7. The molecule has 2 aromatic heterocycles. The zero-order valence-corrected chi connectivity index (χ0v) is 59.4. The fraction of sp³-hybridized carbons (Fsp3) is 0.431. The van der Waals surface area contributed by atoms with Crippen LogP contribution in [0.1, 0.15) is 128 Å². The Hall–Kier alpha value is -10.6. The summed E-state index contributed by atoms with van der Waals surface area (Å²) in [5.74, 6) is -10.8. The number of hydrogen-bond donors (Lipinski definition) is 13. The Morgan fingerprint density at radius 2 is 1.16 bits per heavy atom. The third-order valence-electron chi connectivity index (χ3n) is 17.0. The second-order valence-electron chi connectivity index (χ2n) is 25.8. The molecular formula is C72H93F3N14O13S. The van der Waals surface area contributed by atoms with Crippen LogP contribution in [-0.4, -0.2) is 147 Å². The first kappa shape index (κ1) is 81.4. The molecule has 11 amide bonds. The fourth-order valence-electron chi connectivity index (χ4n) is 11.2. The normalized spacial score (nSPS) is 14.0. The number of alkyl halides is 3. The number of rotatable bonds is 40. The van der Waals surface area contributed by atoms with E-state index in [9.17, 15) is 70.7 Å². The van der Waals surface area contributed by atoms with E-state index in [0.717, 1.165) is 0 Å². The van der Waals surface area contributed by atoms with Crippen LogP contribution in [0.15, 0.2) is 143 Å². The van der Waals surface area contributed by atoms with Crippen LogP contribution in [-0.2, 0) is 69.8 Å². The number of nitrogens with one attached hydrogen (secondary N) is 11. The lowest BCUT2D eigenvalue weighted by molar-refractivity contribution is -0.188. The van der Waals surface area contributed by atoms with E-state index < -0.39 is 142 Å². The summed E-state index contributed by atoms with van der Waals surface area (Å²) in [6.07, 6.45) is -0.239. The molecular weight excluding hydrogens is 1360 g/mol. The van der Waals surface area contributed by atoms with Gasteiger partial charge in [-0.2, -0.15) is 13.2 Å². The molecule has 0 radical (unpaired) electrons. The highest BCUT2D eigenvalue weighted by atomic mass is 32.3. The van der Waals surface area contributed by atoms with Crippen molar-refractivity contribution in [3.63, 3.8) is 0 Å². The molecule has 0 spiro atoms. The molecule has 6 rings (SSSR count). The Bertz CT molecular complexity index is 3840. The van der Waals surface area contributed by atoms with Gasteiger partial charge in [0.1, 0.15) is 36.3 Å². The van der Waals surface area contributed by atoms with Crippen LogP contribution in [0.4, 0.5) is 13.2 Å². The number of carbonyl (C=O) groups is 12. The van der Waals surface area contributed by atoms with Gasteiger partial charge in [-0.1, -0.05) is 103 Å². The van der Waals surface area contributed by atoms with Gasteiger partial charge in [0.2, 0.25) is 59.1 Å². The van der Waals surface area contributed by atoms with Gasteiger partial charge in [-0.05, 0) is 127 Å². The molecule has 0 saturated heterocycles. The smallest absolute Gasteiger partial charge is 0.395 e. The molecule has 8 atom stereocenters. The first-order valence-corrected chi connectivity index (χ1v) is 35.6. The van der Waals surface area contributed by atoms with E-state index in [1.54, 1.807) is 105 Å². The Labute approximate surface area is 596 Å². The first-order valence-electron chi connectivity index (χ1n) is 34.0. The van der Waals surface area contributed by atoms with Crippen molar-refractivity contribution in [2.75, 3.05) is 13.1 Å². The lowest BCUT2D eigenvalue weighted by Crippen LogP contribution is -2.59. The first-order chi connectivity index (χ1) is 48.9. The molecule has 0 fully saturated rings. The molecule has 0 aliphatic rings. The molecule has 27 nitrogen and oxygen atoms in total. The second kappa shape index (κ2) is 39.0. The van der Waals surface area contributed by atoms with E-state index in [2.05, 4.69) is 62.8 Å². The predicted octanol–water partition coefficient (Wildman–Crippen LogP) is 5.39. The number of nitrogens with zero attached hydrogens (tertiary/aromatic N) is 1. The summed E-state index contributed by atoms with van der Waals surface area (Å²) < 4.78 is 47.0. The summed E-state index contributed by atoms with van der Waals surface area (Å²) in [5, 5.41) is 24.8. The van der Waals surface area contributed by atoms with Gasteiger partial charge >= 0.3 is 12.1 Å². The number of H-pyrrole nitrogens is 2. The minimum absolute atomic E-state index is 0.0393. The van der Waals surface area contributed by atoms with Crippen LogP contribution >= 0.6 is 10.3 Å². The summed E-state index contributed by atoms with van der Waals surface area (Å²) in [5.41, 5.74) is 12.9. The predicted molar refractivity (Wildman–Crippen MR) is 377 cm³/mol. The Balaban J connectivity index is 1.06. The van der Waals surface area contributed by atoms with E-state index in [-0.39, 0.29) is 86.6 Å². The summed E-state index contributed by atoms with van der Waals surface area (Å²) in [6.45, 7) is 11.6. The molecule has 15 N–H and O–H groups in total. The van der Waals surface area contributed by atoms with Gasteiger partial charge in [-0.3, -0.25) is 52.7 Å². The minimum atomic E-state index is -5.32. The van der Waals surface area contributed by atoms with Gasteiger partial charge < -0.3 is 73.5 Å². The molecule has 0 aliphatic carbocycles. The molecule has 103 heavy (non-hydrogen) atoms. The number of halogens is 3. The highest BCUT2D eigenvalue weighted by Gasteiger charge is 2.47. The minimum Gasteiger partial charge on any atom is -0.395 e. The lowest BCUT2D eigenvalue weighted by atomic mass is 9.94. The van der Waals surface area contributed by atoms with Gasteiger partial charge in [0.25, 0.3) is 5.91 Å². The molecule has 0 aliphatic heterocycles. The van der Waals surface area contributed by atoms with E-state index in [4.69, 9.17) is 15.7 Å². The summed E-state index contributed by atoms with van der Waals surface area (Å²) in [4.78, 5) is 172. The van der Waals surface area contributed by atoms with E-state index in [0.29, 0.717) is 44.8 Å². The molecule has 0 bridgehead atoms. The van der Waals surface area contributed by atoms with Gasteiger partial charge in [0.05, 0.1) is 12.9 Å². The molecule has 2 heterocycles. The van der Waals surface area contributed by atoms with E-state index >= 15 is 0 Å².